The quantitative estimate of drug-likeness (QED) is 0.683. The summed E-state index contributed by atoms with van der Waals surface area (Å²) in [6.07, 6.45) is 3.63. The Hall–Kier alpha value is -1.30. The van der Waals surface area contributed by atoms with Gasteiger partial charge in [0.05, 0.1) is 5.92 Å². The van der Waals surface area contributed by atoms with Crippen molar-refractivity contribution < 1.29 is 14.7 Å². The number of urea groups is 1. The normalized spacial score (nSPS) is 24.2. The average molecular weight is 285 g/mol. The van der Waals surface area contributed by atoms with E-state index in [0.717, 1.165) is 25.7 Å². The Morgan fingerprint density at radius 3 is 2.50 bits per heavy atom. The lowest BCUT2D eigenvalue weighted by Gasteiger charge is -2.28. The Kier molecular flexibility index (Phi) is 6.78. The summed E-state index contributed by atoms with van der Waals surface area (Å²) < 4.78 is 0. The van der Waals surface area contributed by atoms with E-state index in [4.69, 9.17) is 0 Å². The van der Waals surface area contributed by atoms with Gasteiger partial charge in [0.15, 0.2) is 0 Å². The molecule has 6 nitrogen and oxygen atoms in total. The van der Waals surface area contributed by atoms with Crippen LogP contribution in [0.25, 0.3) is 0 Å². The molecular weight excluding hydrogens is 258 g/mol. The number of carboxylic acids is 1. The third-order valence-corrected chi connectivity index (χ3v) is 4.19. The number of amides is 2. The third kappa shape index (κ3) is 5.36. The molecule has 1 aliphatic carbocycles. The molecular formula is C14H27N3O3. The minimum atomic E-state index is -0.738. The SMILES string of the molecule is CC(CNC(=O)NCC1CCCCC1C(=O)O)N(C)C. The van der Waals surface area contributed by atoms with Crippen LogP contribution in [0.2, 0.25) is 0 Å². The van der Waals surface area contributed by atoms with Crippen LogP contribution >= 0.6 is 0 Å². The summed E-state index contributed by atoms with van der Waals surface area (Å²) in [5.74, 6) is -0.999. The molecule has 1 aliphatic rings. The van der Waals surface area contributed by atoms with E-state index in [1.165, 1.54) is 0 Å². The monoisotopic (exact) mass is 285 g/mol. The van der Waals surface area contributed by atoms with Gasteiger partial charge in [-0.05, 0) is 39.8 Å². The topological polar surface area (TPSA) is 81.7 Å². The molecule has 3 unspecified atom stereocenters. The second-order valence-corrected chi connectivity index (χ2v) is 5.89. The molecule has 1 saturated carbocycles. The fourth-order valence-corrected chi connectivity index (χ4v) is 2.49. The van der Waals surface area contributed by atoms with Gasteiger partial charge in [0.25, 0.3) is 0 Å². The Morgan fingerprint density at radius 1 is 1.25 bits per heavy atom. The number of carbonyl (C=O) groups is 2. The van der Waals surface area contributed by atoms with Gasteiger partial charge in [0.1, 0.15) is 0 Å². The highest BCUT2D eigenvalue weighted by Gasteiger charge is 2.30. The van der Waals surface area contributed by atoms with Gasteiger partial charge in [-0.2, -0.15) is 0 Å². The van der Waals surface area contributed by atoms with E-state index in [9.17, 15) is 14.7 Å². The molecule has 0 bridgehead atoms. The summed E-state index contributed by atoms with van der Waals surface area (Å²) in [4.78, 5) is 24.9. The van der Waals surface area contributed by atoms with E-state index in [1.807, 2.05) is 25.9 Å². The van der Waals surface area contributed by atoms with Gasteiger partial charge < -0.3 is 20.6 Å². The molecule has 1 rings (SSSR count). The molecule has 0 aliphatic heterocycles. The molecule has 0 saturated heterocycles. The molecule has 0 aromatic heterocycles. The summed E-state index contributed by atoms with van der Waals surface area (Å²) in [5.41, 5.74) is 0. The first-order valence-electron chi connectivity index (χ1n) is 7.32. The van der Waals surface area contributed by atoms with Crippen LogP contribution in [0, 0.1) is 11.8 Å². The van der Waals surface area contributed by atoms with Crippen LogP contribution < -0.4 is 10.6 Å². The zero-order chi connectivity index (χ0) is 15.1. The number of rotatable bonds is 6. The van der Waals surface area contributed by atoms with Gasteiger partial charge in [-0.25, -0.2) is 4.79 Å². The number of nitrogens with zero attached hydrogens (tertiary/aromatic N) is 1. The lowest BCUT2D eigenvalue weighted by atomic mass is 9.79. The summed E-state index contributed by atoms with van der Waals surface area (Å²) in [6, 6.07) is 0.0515. The molecule has 0 aromatic rings. The van der Waals surface area contributed by atoms with Crippen molar-refractivity contribution in [1.29, 1.82) is 0 Å². The van der Waals surface area contributed by atoms with Crippen LogP contribution in [0.5, 0.6) is 0 Å². The van der Waals surface area contributed by atoms with Crippen molar-refractivity contribution in [3.8, 4) is 0 Å². The van der Waals surface area contributed by atoms with Crippen molar-refractivity contribution in [3.63, 3.8) is 0 Å². The average Bonchev–Trinajstić information content (AvgIpc) is 2.42. The second-order valence-electron chi connectivity index (χ2n) is 5.89. The molecule has 3 atom stereocenters. The maximum Gasteiger partial charge on any atom is 0.314 e. The molecule has 0 radical (unpaired) electrons. The van der Waals surface area contributed by atoms with Gasteiger partial charge >= 0.3 is 12.0 Å². The van der Waals surface area contributed by atoms with E-state index in [1.54, 1.807) is 0 Å². The summed E-state index contributed by atoms with van der Waals surface area (Å²) in [7, 11) is 3.92. The Bertz CT molecular complexity index is 334. The first-order valence-corrected chi connectivity index (χ1v) is 7.32. The van der Waals surface area contributed by atoms with Crippen molar-refractivity contribution in [3.05, 3.63) is 0 Å². The Balaban J connectivity index is 2.30. The third-order valence-electron chi connectivity index (χ3n) is 4.19. The number of nitrogens with one attached hydrogen (secondary N) is 2. The second kappa shape index (κ2) is 8.09. The van der Waals surface area contributed by atoms with E-state index in [-0.39, 0.29) is 23.9 Å². The predicted molar refractivity (Wildman–Crippen MR) is 77.6 cm³/mol. The largest absolute Gasteiger partial charge is 0.481 e. The highest BCUT2D eigenvalue weighted by atomic mass is 16.4. The summed E-state index contributed by atoms with van der Waals surface area (Å²) >= 11 is 0. The van der Waals surface area contributed by atoms with Crippen molar-refractivity contribution in [2.24, 2.45) is 11.8 Å². The number of aliphatic carboxylic acids is 1. The van der Waals surface area contributed by atoms with E-state index in [0.29, 0.717) is 13.1 Å². The number of carbonyl (C=O) groups excluding carboxylic acids is 1. The lowest BCUT2D eigenvalue weighted by Crippen LogP contribution is -2.45. The minimum Gasteiger partial charge on any atom is -0.481 e. The van der Waals surface area contributed by atoms with Gasteiger partial charge in [-0.15, -0.1) is 0 Å². The van der Waals surface area contributed by atoms with Crippen LogP contribution in [0.1, 0.15) is 32.6 Å². The van der Waals surface area contributed by atoms with Crippen LogP contribution in [0.3, 0.4) is 0 Å². The maximum absolute atomic E-state index is 11.7. The minimum absolute atomic E-state index is 0.0540. The van der Waals surface area contributed by atoms with Gasteiger partial charge in [-0.1, -0.05) is 12.8 Å². The number of likely N-dealkylation sites (N-methyl/N-ethyl adjacent to an activating group) is 1. The zero-order valence-electron chi connectivity index (χ0n) is 12.7. The number of hydrogen-bond acceptors (Lipinski definition) is 3. The molecule has 0 heterocycles. The molecule has 3 N–H and O–H groups in total. The molecule has 0 aromatic carbocycles. The summed E-state index contributed by atoms with van der Waals surface area (Å²) in [5, 5.41) is 14.8. The molecule has 1 fully saturated rings. The first kappa shape index (κ1) is 16.8. The summed E-state index contributed by atoms with van der Waals surface area (Å²) in [6.45, 7) is 3.05. The van der Waals surface area contributed by atoms with E-state index in [2.05, 4.69) is 10.6 Å². The van der Waals surface area contributed by atoms with Gasteiger partial charge in [0, 0.05) is 19.1 Å². The fraction of sp³-hybridized carbons (Fsp3) is 0.857. The molecule has 20 heavy (non-hydrogen) atoms. The maximum atomic E-state index is 11.7. The molecule has 6 heteroatoms. The number of hydrogen-bond donors (Lipinski definition) is 3. The smallest absolute Gasteiger partial charge is 0.314 e. The molecule has 0 spiro atoms. The van der Waals surface area contributed by atoms with Crippen molar-refractivity contribution in [2.45, 2.75) is 38.6 Å². The predicted octanol–water partition coefficient (Wildman–Crippen LogP) is 1.13. The van der Waals surface area contributed by atoms with Crippen molar-refractivity contribution >= 4 is 12.0 Å². The standard InChI is InChI=1S/C14H27N3O3/c1-10(17(2)3)8-15-14(20)16-9-11-6-4-5-7-12(11)13(18)19/h10-12H,4-9H2,1-3H3,(H,18,19)(H2,15,16,20). The molecule has 116 valence electrons. The van der Waals surface area contributed by atoms with E-state index < -0.39 is 5.97 Å². The first-order chi connectivity index (χ1) is 9.41. The van der Waals surface area contributed by atoms with Crippen molar-refractivity contribution in [2.75, 3.05) is 27.2 Å². The van der Waals surface area contributed by atoms with Gasteiger partial charge in [0.2, 0.25) is 0 Å². The Labute approximate surface area is 120 Å². The highest BCUT2D eigenvalue weighted by Crippen LogP contribution is 2.29. The van der Waals surface area contributed by atoms with Gasteiger partial charge in [-0.3, -0.25) is 4.79 Å². The zero-order valence-corrected chi connectivity index (χ0v) is 12.7. The fourth-order valence-electron chi connectivity index (χ4n) is 2.49. The van der Waals surface area contributed by atoms with Crippen molar-refractivity contribution in [1.82, 2.24) is 15.5 Å². The highest BCUT2D eigenvalue weighted by molar-refractivity contribution is 5.74. The van der Waals surface area contributed by atoms with Crippen LogP contribution in [-0.4, -0.2) is 55.2 Å². The van der Waals surface area contributed by atoms with Crippen LogP contribution in [0.4, 0.5) is 4.79 Å². The molecule has 2 amide bonds. The van der Waals surface area contributed by atoms with Crippen LogP contribution in [0.15, 0.2) is 0 Å². The Morgan fingerprint density at radius 2 is 1.90 bits per heavy atom. The lowest BCUT2D eigenvalue weighted by molar-refractivity contribution is -0.144. The van der Waals surface area contributed by atoms with E-state index >= 15 is 0 Å². The van der Waals surface area contributed by atoms with Crippen LogP contribution in [-0.2, 0) is 4.79 Å². The number of carboxylic acid groups (broad SMARTS) is 1.